The molecule has 1 aromatic rings. The van der Waals surface area contributed by atoms with Crippen LogP contribution in [0.25, 0.3) is 0 Å². The van der Waals surface area contributed by atoms with Crippen molar-refractivity contribution in [1.29, 1.82) is 0 Å². The van der Waals surface area contributed by atoms with Crippen LogP contribution in [0.4, 0.5) is 0 Å². The number of aliphatic hydroxyl groups is 1. The molecule has 2 heteroatoms. The Morgan fingerprint density at radius 1 is 1.11 bits per heavy atom. The average molecular weight is 261 g/mol. The highest BCUT2D eigenvalue weighted by Gasteiger charge is 2.28. The first-order valence-electron chi connectivity index (χ1n) is 7.43. The summed E-state index contributed by atoms with van der Waals surface area (Å²) in [5, 5.41) is 10.4. The minimum absolute atomic E-state index is 0.159. The smallest absolute Gasteiger partial charge is 0.0760 e. The molecule has 0 spiro atoms. The third-order valence-electron chi connectivity index (χ3n) is 4.41. The summed E-state index contributed by atoms with van der Waals surface area (Å²) in [6, 6.07) is 8.16. The van der Waals surface area contributed by atoms with E-state index in [1.807, 2.05) is 0 Å². The van der Waals surface area contributed by atoms with Crippen molar-refractivity contribution >= 4 is 0 Å². The van der Waals surface area contributed by atoms with Gasteiger partial charge in [0.1, 0.15) is 0 Å². The monoisotopic (exact) mass is 261 g/mol. The molecule has 1 aromatic carbocycles. The van der Waals surface area contributed by atoms with Gasteiger partial charge in [0.15, 0.2) is 0 Å². The summed E-state index contributed by atoms with van der Waals surface area (Å²) < 4.78 is 0. The molecule has 0 aromatic heterocycles. The lowest BCUT2D eigenvalue weighted by Crippen LogP contribution is -2.32. The number of hydrogen-bond acceptors (Lipinski definition) is 2. The Morgan fingerprint density at radius 3 is 2.11 bits per heavy atom. The van der Waals surface area contributed by atoms with E-state index in [-0.39, 0.29) is 11.5 Å². The van der Waals surface area contributed by atoms with Crippen molar-refractivity contribution in [3.8, 4) is 0 Å². The van der Waals surface area contributed by atoms with Crippen LogP contribution < -0.4 is 5.73 Å². The molecule has 0 heterocycles. The molecule has 2 atom stereocenters. The van der Waals surface area contributed by atoms with E-state index < -0.39 is 6.10 Å². The van der Waals surface area contributed by atoms with Gasteiger partial charge in [0.25, 0.3) is 0 Å². The molecule has 1 aliphatic carbocycles. The van der Waals surface area contributed by atoms with E-state index >= 15 is 0 Å². The maximum atomic E-state index is 10.4. The van der Waals surface area contributed by atoms with E-state index in [2.05, 4.69) is 45.0 Å². The Bertz CT molecular complexity index is 398. The molecule has 1 saturated carbocycles. The van der Waals surface area contributed by atoms with Crippen molar-refractivity contribution in [3.05, 3.63) is 35.4 Å². The van der Waals surface area contributed by atoms with Crippen molar-refractivity contribution < 1.29 is 5.11 Å². The highest BCUT2D eigenvalue weighted by Crippen LogP contribution is 2.33. The molecule has 3 N–H and O–H groups in total. The molecule has 0 aliphatic heterocycles. The molecule has 1 fully saturated rings. The molecular weight excluding hydrogens is 234 g/mol. The van der Waals surface area contributed by atoms with Gasteiger partial charge in [0, 0.05) is 0 Å². The Balaban J connectivity index is 2.08. The fraction of sp³-hybridized carbons (Fsp3) is 0.647. The molecule has 0 unspecified atom stereocenters. The number of benzene rings is 1. The van der Waals surface area contributed by atoms with Gasteiger partial charge < -0.3 is 10.8 Å². The highest BCUT2D eigenvalue weighted by molar-refractivity contribution is 5.29. The Kier molecular flexibility index (Phi) is 4.32. The summed E-state index contributed by atoms with van der Waals surface area (Å²) >= 11 is 0. The fourth-order valence-electron chi connectivity index (χ4n) is 2.99. The van der Waals surface area contributed by atoms with Gasteiger partial charge in [0.05, 0.1) is 12.1 Å². The van der Waals surface area contributed by atoms with Crippen LogP contribution >= 0.6 is 0 Å². The fourth-order valence-corrected chi connectivity index (χ4v) is 2.99. The normalized spacial score (nSPS) is 20.5. The van der Waals surface area contributed by atoms with Gasteiger partial charge in [-0.05, 0) is 35.3 Å². The summed E-state index contributed by atoms with van der Waals surface area (Å²) in [4.78, 5) is 0. The molecule has 0 saturated heterocycles. The molecule has 0 amide bonds. The quantitative estimate of drug-likeness (QED) is 0.874. The lowest BCUT2D eigenvalue weighted by Gasteiger charge is -2.25. The number of rotatable bonds is 3. The predicted molar refractivity (Wildman–Crippen MR) is 80.0 cm³/mol. The van der Waals surface area contributed by atoms with E-state index in [0.717, 1.165) is 18.4 Å². The Hall–Kier alpha value is -0.860. The van der Waals surface area contributed by atoms with Crippen LogP contribution in [0.5, 0.6) is 0 Å². The molecule has 1 aliphatic rings. The second kappa shape index (κ2) is 5.64. The first-order chi connectivity index (χ1) is 8.89. The van der Waals surface area contributed by atoms with Gasteiger partial charge >= 0.3 is 0 Å². The first-order valence-corrected chi connectivity index (χ1v) is 7.43. The maximum absolute atomic E-state index is 10.4. The van der Waals surface area contributed by atoms with E-state index in [1.165, 1.54) is 18.4 Å². The van der Waals surface area contributed by atoms with Crippen LogP contribution in [0.15, 0.2) is 24.3 Å². The molecule has 2 rings (SSSR count). The van der Waals surface area contributed by atoms with Crippen LogP contribution in [-0.4, -0.2) is 11.2 Å². The van der Waals surface area contributed by atoms with Crippen molar-refractivity contribution in [3.63, 3.8) is 0 Å². The zero-order valence-corrected chi connectivity index (χ0v) is 12.4. The van der Waals surface area contributed by atoms with Crippen molar-refractivity contribution in [2.24, 2.45) is 11.7 Å². The number of nitrogens with two attached hydrogens (primary N) is 1. The van der Waals surface area contributed by atoms with Gasteiger partial charge in [-0.15, -0.1) is 0 Å². The zero-order valence-electron chi connectivity index (χ0n) is 12.4. The average Bonchev–Trinajstić information content (AvgIpc) is 2.90. The Morgan fingerprint density at radius 2 is 1.63 bits per heavy atom. The van der Waals surface area contributed by atoms with Gasteiger partial charge in [-0.2, -0.15) is 0 Å². The third kappa shape index (κ3) is 3.37. The Labute approximate surface area is 117 Å². The lowest BCUT2D eigenvalue weighted by atomic mass is 9.85. The van der Waals surface area contributed by atoms with Crippen LogP contribution in [0.3, 0.4) is 0 Å². The zero-order chi connectivity index (χ0) is 14.0. The SMILES string of the molecule is CC(C)(C)c1ccc([C@H](N)[C@H](O)C2CCCC2)cc1. The summed E-state index contributed by atoms with van der Waals surface area (Å²) in [7, 11) is 0. The molecule has 0 radical (unpaired) electrons. The van der Waals surface area contributed by atoms with Crippen LogP contribution in [0, 0.1) is 5.92 Å². The van der Waals surface area contributed by atoms with Crippen molar-refractivity contribution in [2.75, 3.05) is 0 Å². The van der Waals surface area contributed by atoms with E-state index in [0.29, 0.717) is 5.92 Å². The third-order valence-corrected chi connectivity index (χ3v) is 4.41. The number of hydrogen-bond donors (Lipinski definition) is 2. The van der Waals surface area contributed by atoms with Crippen LogP contribution in [-0.2, 0) is 5.41 Å². The summed E-state index contributed by atoms with van der Waals surface area (Å²) in [6.07, 6.45) is 4.31. The molecular formula is C17H27NO. The first kappa shape index (κ1) is 14.5. The van der Waals surface area contributed by atoms with Crippen molar-refractivity contribution in [2.45, 2.75) is 64.0 Å². The van der Waals surface area contributed by atoms with Gasteiger partial charge in [0.2, 0.25) is 0 Å². The summed E-state index contributed by atoms with van der Waals surface area (Å²) in [5.74, 6) is 0.386. The second-order valence-corrected chi connectivity index (χ2v) is 6.93. The van der Waals surface area contributed by atoms with Crippen molar-refractivity contribution in [1.82, 2.24) is 0 Å². The highest BCUT2D eigenvalue weighted by atomic mass is 16.3. The van der Waals surface area contributed by atoms with Gasteiger partial charge in [-0.25, -0.2) is 0 Å². The minimum Gasteiger partial charge on any atom is -0.391 e. The predicted octanol–water partition coefficient (Wildman–Crippen LogP) is 3.54. The van der Waals surface area contributed by atoms with Crippen LogP contribution in [0.2, 0.25) is 0 Å². The molecule has 2 nitrogen and oxygen atoms in total. The number of aliphatic hydroxyl groups excluding tert-OH is 1. The topological polar surface area (TPSA) is 46.2 Å². The molecule has 0 bridgehead atoms. The van der Waals surface area contributed by atoms with E-state index in [4.69, 9.17) is 5.73 Å². The second-order valence-electron chi connectivity index (χ2n) is 6.93. The summed E-state index contributed by atoms with van der Waals surface area (Å²) in [6.45, 7) is 6.61. The van der Waals surface area contributed by atoms with Gasteiger partial charge in [-0.3, -0.25) is 0 Å². The van der Waals surface area contributed by atoms with E-state index in [9.17, 15) is 5.11 Å². The summed E-state index contributed by atoms with van der Waals surface area (Å²) in [5.41, 5.74) is 8.74. The lowest BCUT2D eigenvalue weighted by molar-refractivity contribution is 0.0845. The maximum Gasteiger partial charge on any atom is 0.0760 e. The molecule has 106 valence electrons. The van der Waals surface area contributed by atoms with Crippen LogP contribution in [0.1, 0.15) is 63.6 Å². The minimum atomic E-state index is -0.400. The van der Waals surface area contributed by atoms with Gasteiger partial charge in [-0.1, -0.05) is 57.9 Å². The van der Waals surface area contributed by atoms with E-state index in [1.54, 1.807) is 0 Å². The largest absolute Gasteiger partial charge is 0.391 e. The molecule has 19 heavy (non-hydrogen) atoms. The standard InChI is InChI=1S/C17H27NO/c1-17(2,3)14-10-8-12(9-11-14)15(18)16(19)13-6-4-5-7-13/h8-11,13,15-16,19H,4-7,18H2,1-3H3/t15-,16+/m0/s1.